The van der Waals surface area contributed by atoms with Crippen LogP contribution >= 0.6 is 0 Å². The molecular weight excluding hydrogens is 235 g/mol. The minimum atomic E-state index is -1.01. The van der Waals surface area contributed by atoms with Crippen molar-refractivity contribution in [2.75, 3.05) is 0 Å². The van der Waals surface area contributed by atoms with Gasteiger partial charge in [-0.1, -0.05) is 31.2 Å². The van der Waals surface area contributed by atoms with Crippen molar-refractivity contribution in [2.24, 2.45) is 11.3 Å². The van der Waals surface area contributed by atoms with E-state index in [1.165, 1.54) is 5.57 Å². The summed E-state index contributed by atoms with van der Waals surface area (Å²) in [6, 6.07) is 0. The summed E-state index contributed by atoms with van der Waals surface area (Å²) < 4.78 is 14.1. The lowest BCUT2D eigenvalue weighted by Gasteiger charge is -2.33. The van der Waals surface area contributed by atoms with E-state index >= 15 is 0 Å². The van der Waals surface area contributed by atoms with Crippen LogP contribution in [-0.2, 0) is 0 Å². The highest BCUT2D eigenvalue weighted by Gasteiger charge is 2.46. The molecule has 0 aliphatic heterocycles. The zero-order valence-corrected chi connectivity index (χ0v) is 12.7. The molecule has 3 atom stereocenters. The lowest BCUT2D eigenvalue weighted by atomic mass is 9.72. The Morgan fingerprint density at radius 3 is 2.53 bits per heavy atom. The Bertz CT molecular complexity index is 340. The Balaban J connectivity index is 2.47. The maximum absolute atomic E-state index is 14.1. The van der Waals surface area contributed by atoms with Gasteiger partial charge in [0, 0.05) is 0 Å². The van der Waals surface area contributed by atoms with Gasteiger partial charge in [-0.25, -0.2) is 4.39 Å². The summed E-state index contributed by atoms with van der Waals surface area (Å²) in [5, 5.41) is 0. The van der Waals surface area contributed by atoms with Crippen LogP contribution < -0.4 is 0 Å². The smallest absolute Gasteiger partial charge is 0.109 e. The van der Waals surface area contributed by atoms with Crippen molar-refractivity contribution in [1.82, 2.24) is 0 Å². The summed E-state index contributed by atoms with van der Waals surface area (Å²) in [5.41, 5.74) is 0.245. The third-order valence-corrected chi connectivity index (χ3v) is 4.80. The summed E-state index contributed by atoms with van der Waals surface area (Å²) in [4.78, 5) is 0. The van der Waals surface area contributed by atoms with E-state index in [4.69, 9.17) is 0 Å². The molecule has 1 fully saturated rings. The Hall–Kier alpha value is -0.850. The van der Waals surface area contributed by atoms with E-state index in [9.17, 15) is 4.39 Å². The summed E-state index contributed by atoms with van der Waals surface area (Å²) in [5.74, 6) is 0.499. The van der Waals surface area contributed by atoms with E-state index in [1.807, 2.05) is 12.2 Å². The number of allylic oxidation sites excluding steroid dienone is 3. The van der Waals surface area contributed by atoms with Gasteiger partial charge in [-0.2, -0.15) is 0 Å². The Morgan fingerprint density at radius 2 is 2.05 bits per heavy atom. The summed E-state index contributed by atoms with van der Waals surface area (Å²) in [6.45, 7) is 15.7. The predicted octanol–water partition coefficient (Wildman–Crippen LogP) is 6.01. The van der Waals surface area contributed by atoms with E-state index in [0.29, 0.717) is 18.8 Å². The topological polar surface area (TPSA) is 0 Å². The zero-order valence-electron chi connectivity index (χ0n) is 12.7. The molecule has 0 amide bonds. The van der Waals surface area contributed by atoms with Crippen molar-refractivity contribution < 1.29 is 4.39 Å². The lowest BCUT2D eigenvalue weighted by molar-refractivity contribution is 0.154. The van der Waals surface area contributed by atoms with Crippen molar-refractivity contribution in [3.05, 3.63) is 37.5 Å². The van der Waals surface area contributed by atoms with Crippen LogP contribution in [0.1, 0.15) is 58.8 Å². The molecule has 0 nitrogen and oxygen atoms in total. The SMILES string of the molecule is C=CCC(=C)CCCC(C)C1(C=C)CCC(C)(F)C1. The molecule has 0 heterocycles. The van der Waals surface area contributed by atoms with Gasteiger partial charge in [0.05, 0.1) is 0 Å². The third kappa shape index (κ3) is 4.33. The standard InChI is InChI=1S/C18H29F/c1-6-9-15(3)10-8-11-16(4)18(7-2)13-12-17(5,19)14-18/h6-7,16H,1-3,8-14H2,4-5H3. The van der Waals surface area contributed by atoms with Crippen LogP contribution in [-0.4, -0.2) is 5.67 Å². The van der Waals surface area contributed by atoms with Crippen LogP contribution in [0.15, 0.2) is 37.5 Å². The fourth-order valence-corrected chi connectivity index (χ4v) is 3.40. The second-order valence-corrected chi connectivity index (χ2v) is 6.56. The van der Waals surface area contributed by atoms with E-state index in [2.05, 4.69) is 26.7 Å². The molecule has 0 aromatic rings. The molecule has 0 N–H and O–H groups in total. The van der Waals surface area contributed by atoms with Crippen LogP contribution in [0.5, 0.6) is 0 Å². The van der Waals surface area contributed by atoms with Crippen LogP contribution in [0.4, 0.5) is 4.39 Å². The van der Waals surface area contributed by atoms with Crippen molar-refractivity contribution in [1.29, 1.82) is 0 Å². The summed E-state index contributed by atoms with van der Waals surface area (Å²) >= 11 is 0. The second kappa shape index (κ2) is 6.54. The van der Waals surface area contributed by atoms with Crippen molar-refractivity contribution in [2.45, 2.75) is 64.5 Å². The van der Waals surface area contributed by atoms with Crippen LogP contribution in [0, 0.1) is 11.3 Å². The second-order valence-electron chi connectivity index (χ2n) is 6.56. The van der Waals surface area contributed by atoms with Crippen LogP contribution in [0.3, 0.4) is 0 Å². The molecule has 19 heavy (non-hydrogen) atoms. The van der Waals surface area contributed by atoms with Crippen LogP contribution in [0.25, 0.3) is 0 Å². The van der Waals surface area contributed by atoms with Crippen molar-refractivity contribution in [3.63, 3.8) is 0 Å². The minimum absolute atomic E-state index is 0.00324. The Kier molecular flexibility index (Phi) is 5.58. The quantitative estimate of drug-likeness (QED) is 0.471. The largest absolute Gasteiger partial charge is 0.244 e. The minimum Gasteiger partial charge on any atom is -0.244 e. The zero-order chi connectivity index (χ0) is 14.5. The normalized spacial score (nSPS) is 31.9. The summed E-state index contributed by atoms with van der Waals surface area (Å²) in [7, 11) is 0. The number of rotatable bonds is 8. The molecule has 1 heteroatoms. The number of alkyl halides is 1. The van der Waals surface area contributed by atoms with E-state index in [0.717, 1.165) is 32.1 Å². The van der Waals surface area contributed by atoms with Crippen LogP contribution in [0.2, 0.25) is 0 Å². The molecule has 0 spiro atoms. The first-order valence-electron chi connectivity index (χ1n) is 7.45. The van der Waals surface area contributed by atoms with Gasteiger partial charge in [0.1, 0.15) is 5.67 Å². The molecule has 0 aromatic heterocycles. The van der Waals surface area contributed by atoms with Gasteiger partial charge in [-0.15, -0.1) is 13.2 Å². The number of hydrogen-bond acceptors (Lipinski definition) is 0. The molecule has 0 aromatic carbocycles. The predicted molar refractivity (Wildman–Crippen MR) is 83.0 cm³/mol. The van der Waals surface area contributed by atoms with E-state index in [1.54, 1.807) is 6.92 Å². The van der Waals surface area contributed by atoms with Crippen molar-refractivity contribution in [3.8, 4) is 0 Å². The first-order chi connectivity index (χ1) is 8.85. The molecule has 0 saturated heterocycles. The van der Waals surface area contributed by atoms with Gasteiger partial charge in [-0.3, -0.25) is 0 Å². The Morgan fingerprint density at radius 1 is 1.37 bits per heavy atom. The third-order valence-electron chi connectivity index (χ3n) is 4.80. The molecule has 0 radical (unpaired) electrons. The van der Waals surface area contributed by atoms with Gasteiger partial charge in [0.2, 0.25) is 0 Å². The maximum atomic E-state index is 14.1. The Labute approximate surface area is 118 Å². The van der Waals surface area contributed by atoms with Gasteiger partial charge >= 0.3 is 0 Å². The fourth-order valence-electron chi connectivity index (χ4n) is 3.40. The highest BCUT2D eigenvalue weighted by atomic mass is 19.1. The number of hydrogen-bond donors (Lipinski definition) is 0. The average molecular weight is 264 g/mol. The van der Waals surface area contributed by atoms with Gasteiger partial charge in [-0.05, 0) is 63.2 Å². The van der Waals surface area contributed by atoms with Gasteiger partial charge < -0.3 is 0 Å². The molecular formula is C18H29F. The fraction of sp³-hybridized carbons (Fsp3) is 0.667. The molecule has 1 rings (SSSR count). The summed E-state index contributed by atoms with van der Waals surface area (Å²) in [6.07, 6.45) is 10.4. The monoisotopic (exact) mass is 264 g/mol. The number of halogens is 1. The molecule has 0 bridgehead atoms. The highest BCUT2D eigenvalue weighted by molar-refractivity contribution is 5.07. The maximum Gasteiger partial charge on any atom is 0.109 e. The molecule has 3 unspecified atom stereocenters. The first-order valence-corrected chi connectivity index (χ1v) is 7.45. The van der Waals surface area contributed by atoms with Crippen molar-refractivity contribution >= 4 is 0 Å². The molecule has 1 aliphatic rings. The van der Waals surface area contributed by atoms with E-state index < -0.39 is 5.67 Å². The van der Waals surface area contributed by atoms with E-state index in [-0.39, 0.29) is 5.41 Å². The molecule has 1 saturated carbocycles. The highest BCUT2D eigenvalue weighted by Crippen LogP contribution is 2.52. The van der Waals surface area contributed by atoms with Gasteiger partial charge in [0.25, 0.3) is 0 Å². The first kappa shape index (κ1) is 16.2. The molecule has 1 aliphatic carbocycles. The lowest BCUT2D eigenvalue weighted by Crippen LogP contribution is -2.26. The molecule has 108 valence electrons. The van der Waals surface area contributed by atoms with Gasteiger partial charge in [0.15, 0.2) is 0 Å². The average Bonchev–Trinajstić information content (AvgIpc) is 2.66.